The van der Waals surface area contributed by atoms with E-state index in [1.165, 1.54) is 0 Å². The molecule has 0 amide bonds. The van der Waals surface area contributed by atoms with Crippen molar-refractivity contribution in [1.29, 1.82) is 0 Å². The number of aliphatic hydroxyl groups is 3. The third kappa shape index (κ3) is 19.7. The van der Waals surface area contributed by atoms with Crippen LogP contribution in [0.15, 0.2) is 0 Å². The monoisotopic (exact) mass is 464 g/mol. The summed E-state index contributed by atoms with van der Waals surface area (Å²) in [4.78, 5) is 61.0. The van der Waals surface area contributed by atoms with Gasteiger partial charge in [-0.05, 0) is 6.92 Å². The molecule has 184 valence electrons. The molecule has 0 spiro atoms. The lowest BCUT2D eigenvalue weighted by Crippen LogP contribution is -2.42. The summed E-state index contributed by atoms with van der Waals surface area (Å²) >= 11 is 0. The molecule has 0 aliphatic rings. The van der Waals surface area contributed by atoms with Gasteiger partial charge in [0.2, 0.25) is 0 Å². The lowest BCUT2D eigenvalue weighted by molar-refractivity contribution is -0.170. The molecule has 0 bridgehead atoms. The minimum atomic E-state index is -2.74. The van der Waals surface area contributed by atoms with E-state index in [0.717, 1.165) is 0 Å². The predicted octanol–water partition coefficient (Wildman–Crippen LogP) is -2.17. The number of hydrogen-bond donors (Lipinski definition) is 11. The number of carboxylic acids is 6. The smallest absolute Gasteiger partial charge is 0.336 e. The molecular weight excluding hydrogens is 436 g/mol. The second-order valence-electron chi connectivity index (χ2n) is 5.27. The molecule has 31 heavy (non-hydrogen) atoms. The highest BCUT2D eigenvalue weighted by molar-refractivity contribution is 5.88. The Kier molecular flexibility index (Phi) is 21.6. The minimum Gasteiger partial charge on any atom is -0.481 e. The molecule has 0 fully saturated rings. The van der Waals surface area contributed by atoms with Crippen molar-refractivity contribution in [2.75, 3.05) is 6.61 Å². The summed E-state index contributed by atoms with van der Waals surface area (Å²) in [6.45, 7) is 1.93. The van der Waals surface area contributed by atoms with E-state index < -0.39 is 72.7 Å². The van der Waals surface area contributed by atoms with Crippen molar-refractivity contribution in [1.82, 2.24) is 12.3 Å². The first-order valence-electron chi connectivity index (χ1n) is 7.37. The van der Waals surface area contributed by atoms with Gasteiger partial charge in [-0.3, -0.25) is 19.2 Å². The number of hydrogen-bond acceptors (Lipinski definition) is 11. The number of carbonyl (C=O) groups is 6. The Labute approximate surface area is 174 Å². The summed E-state index contributed by atoms with van der Waals surface area (Å²) in [7, 11) is 0. The van der Waals surface area contributed by atoms with E-state index in [9.17, 15) is 28.8 Å². The summed E-state index contributed by atoms with van der Waals surface area (Å²) in [6.07, 6.45) is -4.58. The molecule has 0 unspecified atom stereocenters. The van der Waals surface area contributed by atoms with Crippen LogP contribution in [0.2, 0.25) is 0 Å². The van der Waals surface area contributed by atoms with E-state index in [2.05, 4.69) is 0 Å². The normalized spacial score (nSPS) is 9.68. The lowest BCUT2D eigenvalue weighted by atomic mass is 9.96. The van der Waals surface area contributed by atoms with Gasteiger partial charge in [0.05, 0.1) is 25.7 Å². The van der Waals surface area contributed by atoms with Gasteiger partial charge in [-0.15, -0.1) is 0 Å². The van der Waals surface area contributed by atoms with E-state index in [1.54, 1.807) is 6.92 Å². The maximum Gasteiger partial charge on any atom is 0.336 e. The molecule has 17 heteroatoms. The molecule has 17 nitrogen and oxygen atoms in total. The highest BCUT2D eigenvalue weighted by Gasteiger charge is 2.41. The molecular formula is C14H28N2O15. The Hall–Kier alpha value is -3.38. The lowest BCUT2D eigenvalue weighted by Gasteiger charge is -2.18. The second kappa shape index (κ2) is 17.5. The van der Waals surface area contributed by atoms with Gasteiger partial charge < -0.3 is 58.3 Å². The summed E-state index contributed by atoms with van der Waals surface area (Å²) in [5, 5.41) is 75.2. The highest BCUT2D eigenvalue weighted by atomic mass is 16.4. The third-order valence-electron chi connectivity index (χ3n) is 2.57. The fourth-order valence-electron chi connectivity index (χ4n) is 1.43. The van der Waals surface area contributed by atoms with E-state index in [1.807, 2.05) is 0 Å². The van der Waals surface area contributed by atoms with Gasteiger partial charge in [-0.1, -0.05) is 0 Å². The van der Waals surface area contributed by atoms with Gasteiger partial charge in [-0.25, -0.2) is 9.59 Å². The van der Waals surface area contributed by atoms with E-state index in [4.69, 9.17) is 46.0 Å². The number of rotatable bonds is 10. The topological polar surface area (TPSA) is 354 Å². The first-order valence-corrected chi connectivity index (χ1v) is 7.37. The van der Waals surface area contributed by atoms with Crippen molar-refractivity contribution in [2.24, 2.45) is 0 Å². The fraction of sp³-hybridized carbons (Fsp3) is 0.571. The van der Waals surface area contributed by atoms with Crippen molar-refractivity contribution in [3.8, 4) is 0 Å². The number of carboxylic acid groups (broad SMARTS) is 6. The summed E-state index contributed by atoms with van der Waals surface area (Å²) in [6, 6.07) is 0. The third-order valence-corrected chi connectivity index (χ3v) is 2.57. The number of aliphatic carboxylic acids is 6. The maximum absolute atomic E-state index is 10.3. The van der Waals surface area contributed by atoms with Gasteiger partial charge >= 0.3 is 35.8 Å². The first-order chi connectivity index (χ1) is 13.0. The largest absolute Gasteiger partial charge is 0.481 e. The standard InChI is InChI=1S/2C6H8O7.C2H6O.2H3N/c2*7-3(8)1-6(13,5(11)12)2-4(9)10;1-2-3;;/h2*13H,1-2H2,(H,7,8)(H,9,10)(H,11,12);3H,2H2,1H3;2*1H3. The van der Waals surface area contributed by atoms with Crippen molar-refractivity contribution in [3.05, 3.63) is 0 Å². The average molecular weight is 464 g/mol. The SMILES string of the molecule is CCO.N.N.O=C(O)CC(O)(CC(=O)O)C(=O)O.O=C(O)CC(O)(CC(=O)O)C(=O)O. The van der Waals surface area contributed by atoms with Gasteiger partial charge in [0.25, 0.3) is 0 Å². The van der Waals surface area contributed by atoms with Crippen LogP contribution >= 0.6 is 0 Å². The Bertz CT molecular complexity index is 535. The van der Waals surface area contributed by atoms with Crippen LogP contribution in [0.25, 0.3) is 0 Å². The van der Waals surface area contributed by atoms with E-state index in [-0.39, 0.29) is 18.9 Å². The average Bonchev–Trinajstić information content (AvgIpc) is 2.44. The zero-order valence-corrected chi connectivity index (χ0v) is 16.4. The molecule has 15 N–H and O–H groups in total. The molecule has 0 radical (unpaired) electrons. The highest BCUT2D eigenvalue weighted by Crippen LogP contribution is 2.16. The number of aliphatic hydroxyl groups excluding tert-OH is 1. The molecule has 0 saturated heterocycles. The molecule has 0 aliphatic heterocycles. The van der Waals surface area contributed by atoms with Gasteiger partial charge in [0.1, 0.15) is 0 Å². The Morgan fingerprint density at radius 3 is 0.742 bits per heavy atom. The molecule has 0 heterocycles. The Balaban J connectivity index is -0.000000122. The van der Waals surface area contributed by atoms with Crippen molar-refractivity contribution in [3.63, 3.8) is 0 Å². The van der Waals surface area contributed by atoms with Gasteiger partial charge in [-0.2, -0.15) is 0 Å². The van der Waals surface area contributed by atoms with Crippen LogP contribution < -0.4 is 12.3 Å². The van der Waals surface area contributed by atoms with Crippen LogP contribution in [0.3, 0.4) is 0 Å². The van der Waals surface area contributed by atoms with E-state index >= 15 is 0 Å². The zero-order chi connectivity index (χ0) is 24.0. The minimum absolute atomic E-state index is 0. The van der Waals surface area contributed by atoms with Crippen molar-refractivity contribution in [2.45, 2.75) is 43.8 Å². The Morgan fingerprint density at radius 2 is 0.677 bits per heavy atom. The van der Waals surface area contributed by atoms with Crippen LogP contribution in [0.4, 0.5) is 0 Å². The quantitative estimate of drug-likeness (QED) is 0.163. The molecule has 0 aromatic heterocycles. The predicted molar refractivity (Wildman–Crippen MR) is 97.0 cm³/mol. The van der Waals surface area contributed by atoms with E-state index in [0.29, 0.717) is 0 Å². The van der Waals surface area contributed by atoms with Crippen LogP contribution in [0, 0.1) is 0 Å². The van der Waals surface area contributed by atoms with Crippen molar-refractivity contribution >= 4 is 35.8 Å². The molecule has 0 aromatic rings. The summed E-state index contributed by atoms with van der Waals surface area (Å²) < 4.78 is 0. The molecule has 0 aromatic carbocycles. The van der Waals surface area contributed by atoms with Crippen molar-refractivity contribution < 1.29 is 74.7 Å². The molecule has 0 atom stereocenters. The van der Waals surface area contributed by atoms with Crippen LogP contribution in [0.1, 0.15) is 32.6 Å². The molecule has 0 aliphatic carbocycles. The molecule has 0 saturated carbocycles. The van der Waals surface area contributed by atoms with Crippen LogP contribution in [-0.2, 0) is 28.8 Å². The van der Waals surface area contributed by atoms with Crippen LogP contribution in [0.5, 0.6) is 0 Å². The summed E-state index contributed by atoms with van der Waals surface area (Å²) in [5.74, 6) is -10.0. The van der Waals surface area contributed by atoms with Crippen LogP contribution in [-0.4, -0.2) is 99.6 Å². The summed E-state index contributed by atoms with van der Waals surface area (Å²) in [5.41, 5.74) is -5.48. The fourth-order valence-corrected chi connectivity index (χ4v) is 1.43. The first kappa shape index (κ1) is 38.3. The maximum atomic E-state index is 10.3. The van der Waals surface area contributed by atoms with Gasteiger partial charge in [0, 0.05) is 6.61 Å². The zero-order valence-electron chi connectivity index (χ0n) is 16.4. The molecule has 0 rings (SSSR count). The van der Waals surface area contributed by atoms with Gasteiger partial charge in [0.15, 0.2) is 11.2 Å². The Morgan fingerprint density at radius 1 is 0.548 bits per heavy atom. The second-order valence-corrected chi connectivity index (χ2v) is 5.27.